The molecule has 7 N–H and O–H groups in total. The summed E-state index contributed by atoms with van der Waals surface area (Å²) in [6.45, 7) is 1.22. The van der Waals surface area contributed by atoms with Gasteiger partial charge in [-0.05, 0) is 6.92 Å². The number of nitrogens with two attached hydrogens (primary N) is 2. The van der Waals surface area contributed by atoms with Crippen LogP contribution >= 0.6 is 0 Å². The second-order valence-corrected chi connectivity index (χ2v) is 1.97. The van der Waals surface area contributed by atoms with E-state index in [1.165, 1.54) is 0 Å². The molecular weight excluding hydrogens is 124 g/mol. The molecule has 0 saturated carbocycles. The van der Waals surface area contributed by atoms with Gasteiger partial charge >= 0.3 is 0 Å². The lowest BCUT2D eigenvalue weighted by atomic mass is 10.1. The molecule has 5 nitrogen and oxygen atoms in total. The Balaban J connectivity index is 0. The van der Waals surface area contributed by atoms with Gasteiger partial charge in [0.2, 0.25) is 0 Å². The number of aliphatic hydroxyl groups excluding tert-OH is 2. The molecule has 0 aliphatic heterocycles. The van der Waals surface area contributed by atoms with Crippen molar-refractivity contribution in [1.82, 2.24) is 0 Å². The second-order valence-electron chi connectivity index (χ2n) is 1.97. The number of aliphatic hydroxyl groups is 2. The molecule has 0 aromatic heterocycles. The van der Waals surface area contributed by atoms with Crippen molar-refractivity contribution in [1.29, 1.82) is 0 Å². The first-order valence-corrected chi connectivity index (χ1v) is 2.39. The lowest BCUT2D eigenvalue weighted by molar-refractivity contribution is 0.134. The Morgan fingerprint density at radius 3 is 1.44 bits per heavy atom. The topological polar surface area (TPSA) is 113 Å². The van der Waals surface area contributed by atoms with Crippen LogP contribution in [0.25, 0.3) is 0 Å². The van der Waals surface area contributed by atoms with Gasteiger partial charge in [0.25, 0.3) is 0 Å². The van der Waals surface area contributed by atoms with Crippen molar-refractivity contribution in [2.75, 3.05) is 13.2 Å². The zero-order chi connectivity index (χ0) is 7.91. The Labute approximate surface area is 53.9 Å². The van der Waals surface area contributed by atoms with Crippen LogP contribution in [0.5, 0.6) is 0 Å². The van der Waals surface area contributed by atoms with Gasteiger partial charge in [-0.3, -0.25) is 0 Å². The summed E-state index contributed by atoms with van der Waals surface area (Å²) in [4.78, 5) is 0. The molecule has 0 bridgehead atoms. The molecule has 0 amide bonds. The molecule has 5 heteroatoms. The highest BCUT2D eigenvalue weighted by Crippen LogP contribution is 1.91. The van der Waals surface area contributed by atoms with Crippen LogP contribution in [0.4, 0.5) is 0 Å². The van der Waals surface area contributed by atoms with Crippen molar-refractivity contribution in [3.63, 3.8) is 0 Å². The van der Waals surface area contributed by atoms with Gasteiger partial charge in [-0.2, -0.15) is 0 Å². The fourth-order valence-corrected chi connectivity index (χ4v) is 0.0500. The molecule has 0 aliphatic rings. The molecule has 0 fully saturated rings. The summed E-state index contributed by atoms with van der Waals surface area (Å²) in [5, 5.41) is 23.1. The van der Waals surface area contributed by atoms with E-state index in [9.17, 15) is 0 Å². The van der Waals surface area contributed by atoms with E-state index < -0.39 is 5.54 Å². The first-order valence-electron chi connectivity index (χ1n) is 2.39. The van der Waals surface area contributed by atoms with Crippen LogP contribution in [0.15, 0.2) is 0 Å². The number of rotatable bonds is 2. The predicted octanol–water partition coefficient (Wildman–Crippen LogP) is -1.98. The molecule has 0 aliphatic carbocycles. The molecule has 0 radical (unpaired) electrons. The fourth-order valence-electron chi connectivity index (χ4n) is 0.0500. The standard InChI is InChI=1S/C4H11NO2.H3NO/c1-4(5,2-6)3-7;1-2/h6-7H,2-3,5H2,1H3;2H,1H2. The smallest absolute Gasteiger partial charge is 0.0631 e. The number of hydrogen-bond acceptors (Lipinski definition) is 5. The third-order valence-corrected chi connectivity index (χ3v) is 0.722. The molecule has 0 saturated heterocycles. The normalized spacial score (nSPS) is 10.0. The zero-order valence-corrected chi connectivity index (χ0v) is 5.41. The molecule has 58 valence electrons. The monoisotopic (exact) mass is 138 g/mol. The number of hydrogen-bond donors (Lipinski definition) is 5. The van der Waals surface area contributed by atoms with Gasteiger partial charge in [-0.25, -0.2) is 5.90 Å². The largest absolute Gasteiger partial charge is 0.394 e. The van der Waals surface area contributed by atoms with E-state index in [4.69, 9.17) is 21.2 Å². The molecule has 0 aromatic carbocycles. The van der Waals surface area contributed by atoms with Crippen LogP contribution in [-0.4, -0.2) is 34.2 Å². The Kier molecular flexibility index (Phi) is 7.63. The van der Waals surface area contributed by atoms with Crippen LogP contribution in [0.2, 0.25) is 0 Å². The Morgan fingerprint density at radius 2 is 1.44 bits per heavy atom. The van der Waals surface area contributed by atoms with Gasteiger partial charge in [0.15, 0.2) is 0 Å². The van der Waals surface area contributed by atoms with Gasteiger partial charge in [0, 0.05) is 0 Å². The Hall–Kier alpha value is -0.200. The first kappa shape index (κ1) is 11.6. The maximum absolute atomic E-state index is 8.31. The van der Waals surface area contributed by atoms with E-state index in [0.717, 1.165) is 0 Å². The van der Waals surface area contributed by atoms with Crippen molar-refractivity contribution in [3.8, 4) is 0 Å². The van der Waals surface area contributed by atoms with E-state index in [0.29, 0.717) is 0 Å². The molecule has 0 unspecified atom stereocenters. The van der Waals surface area contributed by atoms with Crippen LogP contribution in [0.1, 0.15) is 6.92 Å². The highest BCUT2D eigenvalue weighted by molar-refractivity contribution is 4.74. The van der Waals surface area contributed by atoms with Gasteiger partial charge in [-0.1, -0.05) is 0 Å². The van der Waals surface area contributed by atoms with E-state index in [-0.39, 0.29) is 13.2 Å². The summed E-state index contributed by atoms with van der Waals surface area (Å²) in [5.74, 6) is 3.50. The van der Waals surface area contributed by atoms with Crippen molar-refractivity contribution in [2.45, 2.75) is 12.5 Å². The third kappa shape index (κ3) is 7.80. The molecule has 0 aromatic rings. The summed E-state index contributed by atoms with van der Waals surface area (Å²) in [7, 11) is 0. The SMILES string of the molecule is CC(N)(CO)CO.NO. The first-order chi connectivity index (χ1) is 4.12. The van der Waals surface area contributed by atoms with Crippen LogP contribution in [0, 0.1) is 0 Å². The summed E-state index contributed by atoms with van der Waals surface area (Å²) in [6.07, 6.45) is 0. The van der Waals surface area contributed by atoms with E-state index in [2.05, 4.69) is 5.90 Å². The van der Waals surface area contributed by atoms with Gasteiger partial charge < -0.3 is 21.2 Å². The van der Waals surface area contributed by atoms with Gasteiger partial charge in [0.1, 0.15) is 0 Å². The maximum atomic E-state index is 8.31. The lowest BCUT2D eigenvalue weighted by Crippen LogP contribution is -2.43. The van der Waals surface area contributed by atoms with E-state index in [1.807, 2.05) is 0 Å². The quantitative estimate of drug-likeness (QED) is 0.284. The average Bonchev–Trinajstić information content (AvgIpc) is 1.93. The minimum absolute atomic E-state index is 0.177. The molecule has 9 heavy (non-hydrogen) atoms. The highest BCUT2D eigenvalue weighted by Gasteiger charge is 2.13. The van der Waals surface area contributed by atoms with Crippen LogP contribution in [-0.2, 0) is 0 Å². The lowest BCUT2D eigenvalue weighted by Gasteiger charge is -2.16. The fraction of sp³-hybridized carbons (Fsp3) is 1.00. The maximum Gasteiger partial charge on any atom is 0.0631 e. The summed E-state index contributed by atoms with van der Waals surface area (Å²) >= 11 is 0. The highest BCUT2D eigenvalue weighted by atomic mass is 16.4. The zero-order valence-electron chi connectivity index (χ0n) is 5.41. The minimum atomic E-state index is -0.806. The molecule has 0 atom stereocenters. The summed E-state index contributed by atoms with van der Waals surface area (Å²) in [5.41, 5.74) is 4.41. The van der Waals surface area contributed by atoms with Crippen molar-refractivity contribution >= 4 is 0 Å². The summed E-state index contributed by atoms with van der Waals surface area (Å²) in [6, 6.07) is 0. The second kappa shape index (κ2) is 5.93. The summed E-state index contributed by atoms with van der Waals surface area (Å²) < 4.78 is 0. The third-order valence-electron chi connectivity index (χ3n) is 0.722. The van der Waals surface area contributed by atoms with E-state index >= 15 is 0 Å². The molecule has 0 spiro atoms. The van der Waals surface area contributed by atoms with Crippen LogP contribution < -0.4 is 11.6 Å². The molecule has 0 rings (SSSR count). The average molecular weight is 138 g/mol. The molecule has 0 heterocycles. The predicted molar refractivity (Wildman–Crippen MR) is 32.7 cm³/mol. The Morgan fingerprint density at radius 1 is 1.22 bits per heavy atom. The van der Waals surface area contributed by atoms with Crippen molar-refractivity contribution in [3.05, 3.63) is 0 Å². The van der Waals surface area contributed by atoms with Gasteiger partial charge in [-0.15, -0.1) is 0 Å². The van der Waals surface area contributed by atoms with Crippen molar-refractivity contribution < 1.29 is 15.4 Å². The van der Waals surface area contributed by atoms with Gasteiger partial charge in [0.05, 0.1) is 18.8 Å². The Bertz CT molecular complexity index is 51.8. The van der Waals surface area contributed by atoms with Crippen molar-refractivity contribution in [2.24, 2.45) is 11.6 Å². The van der Waals surface area contributed by atoms with Crippen LogP contribution in [0.3, 0.4) is 0 Å². The minimum Gasteiger partial charge on any atom is -0.394 e. The van der Waals surface area contributed by atoms with E-state index in [1.54, 1.807) is 6.92 Å². The molecular formula is C4H14N2O3.